The minimum absolute atomic E-state index is 0.0738. The fraction of sp³-hybridized carbons (Fsp3) is 0.818. The number of primary amides is 1. The minimum Gasteiger partial charge on any atom is -0.355 e. The molecule has 0 aromatic heterocycles. The summed E-state index contributed by atoms with van der Waals surface area (Å²) in [5.41, 5.74) is 4.89. The van der Waals surface area contributed by atoms with Crippen molar-refractivity contribution in [2.75, 3.05) is 24.6 Å². The number of hydrogen-bond donors (Lipinski definition) is 3. The number of thioether (sulfide) groups is 1. The second-order valence-corrected chi connectivity index (χ2v) is 4.26. The second kappa shape index (κ2) is 15.1. The van der Waals surface area contributed by atoms with Crippen LogP contribution in [0.4, 0.5) is 4.79 Å². The van der Waals surface area contributed by atoms with Gasteiger partial charge in [-0.2, -0.15) is 11.8 Å². The maximum absolute atomic E-state index is 11.1. The van der Waals surface area contributed by atoms with E-state index in [0.717, 1.165) is 18.6 Å². The van der Waals surface area contributed by atoms with Crippen molar-refractivity contribution < 1.29 is 9.59 Å². The largest absolute Gasteiger partial charge is 0.355 e. The molecule has 102 valence electrons. The lowest BCUT2D eigenvalue weighted by atomic mass is 10.3. The summed E-state index contributed by atoms with van der Waals surface area (Å²) in [6.45, 7) is 7.24. The van der Waals surface area contributed by atoms with Gasteiger partial charge in [-0.15, -0.1) is 0 Å². The van der Waals surface area contributed by atoms with Crippen molar-refractivity contribution >= 4 is 23.7 Å². The summed E-state index contributed by atoms with van der Waals surface area (Å²) in [5, 5.41) is 5.29. The van der Waals surface area contributed by atoms with Gasteiger partial charge in [0.2, 0.25) is 5.91 Å². The molecule has 0 fully saturated rings. The summed E-state index contributed by atoms with van der Waals surface area (Å²) in [5.74, 6) is 1.55. The average Bonchev–Trinajstić information content (AvgIpc) is 2.33. The molecular weight excluding hydrogens is 238 g/mol. The fourth-order valence-electron chi connectivity index (χ4n) is 0.935. The summed E-state index contributed by atoms with van der Waals surface area (Å²) >= 11 is 1.60. The van der Waals surface area contributed by atoms with Crippen LogP contribution in [-0.4, -0.2) is 36.5 Å². The molecule has 17 heavy (non-hydrogen) atoms. The SMILES string of the molecule is CC.CCSCC(=O)NCCCCNC(N)=O. The molecule has 0 radical (unpaired) electrons. The van der Waals surface area contributed by atoms with E-state index in [1.54, 1.807) is 11.8 Å². The third-order valence-electron chi connectivity index (χ3n) is 1.66. The van der Waals surface area contributed by atoms with Crippen LogP contribution in [0.5, 0.6) is 0 Å². The van der Waals surface area contributed by atoms with E-state index in [2.05, 4.69) is 10.6 Å². The highest BCUT2D eigenvalue weighted by Crippen LogP contribution is 1.96. The van der Waals surface area contributed by atoms with E-state index in [4.69, 9.17) is 5.73 Å². The van der Waals surface area contributed by atoms with Crippen LogP contribution in [0.15, 0.2) is 0 Å². The number of hydrogen-bond acceptors (Lipinski definition) is 3. The van der Waals surface area contributed by atoms with Crippen molar-refractivity contribution in [3.63, 3.8) is 0 Å². The number of carbonyl (C=O) groups excluding carboxylic acids is 2. The van der Waals surface area contributed by atoms with Gasteiger partial charge in [-0.25, -0.2) is 4.79 Å². The summed E-state index contributed by atoms with van der Waals surface area (Å²) in [4.78, 5) is 21.4. The number of rotatable bonds is 8. The zero-order chi connectivity index (χ0) is 13.5. The normalized spacial score (nSPS) is 8.88. The van der Waals surface area contributed by atoms with Crippen molar-refractivity contribution in [2.24, 2.45) is 5.73 Å². The zero-order valence-electron chi connectivity index (χ0n) is 11.0. The van der Waals surface area contributed by atoms with Crippen molar-refractivity contribution in [2.45, 2.75) is 33.6 Å². The van der Waals surface area contributed by atoms with E-state index < -0.39 is 6.03 Å². The third kappa shape index (κ3) is 17.7. The lowest BCUT2D eigenvalue weighted by Crippen LogP contribution is -2.31. The highest BCUT2D eigenvalue weighted by atomic mass is 32.2. The lowest BCUT2D eigenvalue weighted by molar-refractivity contribution is -0.118. The van der Waals surface area contributed by atoms with Gasteiger partial charge in [0.05, 0.1) is 5.75 Å². The van der Waals surface area contributed by atoms with Gasteiger partial charge >= 0.3 is 6.03 Å². The minimum atomic E-state index is -0.501. The van der Waals surface area contributed by atoms with E-state index in [1.165, 1.54) is 0 Å². The predicted molar refractivity (Wildman–Crippen MR) is 74.2 cm³/mol. The molecule has 0 atom stereocenters. The molecule has 0 aromatic carbocycles. The Balaban J connectivity index is 0. The molecule has 0 bridgehead atoms. The van der Waals surface area contributed by atoms with Crippen LogP contribution < -0.4 is 16.4 Å². The van der Waals surface area contributed by atoms with Gasteiger partial charge in [-0.3, -0.25) is 4.79 Å². The predicted octanol–water partition coefficient (Wildman–Crippen LogP) is 1.33. The summed E-state index contributed by atoms with van der Waals surface area (Å²) < 4.78 is 0. The van der Waals surface area contributed by atoms with E-state index in [-0.39, 0.29) is 5.91 Å². The van der Waals surface area contributed by atoms with Gasteiger partial charge in [0.25, 0.3) is 0 Å². The first kappa shape index (κ1) is 18.5. The third-order valence-corrected chi connectivity index (χ3v) is 2.54. The van der Waals surface area contributed by atoms with Crippen molar-refractivity contribution in [1.82, 2.24) is 10.6 Å². The summed E-state index contributed by atoms with van der Waals surface area (Å²) in [7, 11) is 0. The van der Waals surface area contributed by atoms with E-state index in [1.807, 2.05) is 20.8 Å². The monoisotopic (exact) mass is 263 g/mol. The standard InChI is InChI=1S/C9H19N3O2S.C2H6/c1-2-15-7-8(13)11-5-3-4-6-12-9(10)14;1-2/h2-7H2,1H3,(H,11,13)(H3,10,12,14);1-2H3. The van der Waals surface area contributed by atoms with E-state index in [0.29, 0.717) is 18.8 Å². The second-order valence-electron chi connectivity index (χ2n) is 2.99. The maximum Gasteiger partial charge on any atom is 0.312 e. The van der Waals surface area contributed by atoms with Crippen LogP contribution in [0.2, 0.25) is 0 Å². The molecule has 3 amide bonds. The average molecular weight is 263 g/mol. The molecule has 5 nitrogen and oxygen atoms in total. The fourth-order valence-corrected chi connectivity index (χ4v) is 1.43. The molecule has 0 spiro atoms. The number of nitrogens with two attached hydrogens (primary N) is 1. The lowest BCUT2D eigenvalue weighted by Gasteiger charge is -2.04. The molecule has 4 N–H and O–H groups in total. The summed E-state index contributed by atoms with van der Waals surface area (Å²) in [6, 6.07) is -0.501. The highest BCUT2D eigenvalue weighted by molar-refractivity contribution is 7.99. The van der Waals surface area contributed by atoms with Gasteiger partial charge in [-0.1, -0.05) is 20.8 Å². The zero-order valence-corrected chi connectivity index (χ0v) is 11.9. The summed E-state index contributed by atoms with van der Waals surface area (Å²) in [6.07, 6.45) is 1.67. The number of amides is 3. The molecule has 6 heteroatoms. The Morgan fingerprint density at radius 2 is 1.65 bits per heavy atom. The number of urea groups is 1. The van der Waals surface area contributed by atoms with Crippen LogP contribution in [-0.2, 0) is 4.79 Å². The Bertz CT molecular complexity index is 201. The number of unbranched alkanes of at least 4 members (excludes halogenated alkanes) is 1. The Kier molecular flexibility index (Phi) is 16.4. The molecule has 0 rings (SSSR count). The molecule has 0 saturated carbocycles. The van der Waals surface area contributed by atoms with E-state index >= 15 is 0 Å². The molecule has 0 aliphatic heterocycles. The maximum atomic E-state index is 11.1. The van der Waals surface area contributed by atoms with Crippen LogP contribution in [0.3, 0.4) is 0 Å². The first-order valence-electron chi connectivity index (χ1n) is 6.04. The Morgan fingerprint density at radius 3 is 2.12 bits per heavy atom. The quantitative estimate of drug-likeness (QED) is 0.578. The highest BCUT2D eigenvalue weighted by Gasteiger charge is 1.98. The molecule has 0 aromatic rings. The van der Waals surface area contributed by atoms with Crippen LogP contribution in [0.25, 0.3) is 0 Å². The van der Waals surface area contributed by atoms with Gasteiger partial charge in [0.15, 0.2) is 0 Å². The van der Waals surface area contributed by atoms with Crippen LogP contribution in [0, 0.1) is 0 Å². The number of nitrogens with one attached hydrogen (secondary N) is 2. The van der Waals surface area contributed by atoms with Gasteiger partial charge in [0, 0.05) is 13.1 Å². The Morgan fingerprint density at radius 1 is 1.12 bits per heavy atom. The van der Waals surface area contributed by atoms with Gasteiger partial charge in [0.1, 0.15) is 0 Å². The first-order valence-corrected chi connectivity index (χ1v) is 7.20. The molecule has 0 unspecified atom stereocenters. The van der Waals surface area contributed by atoms with Crippen molar-refractivity contribution in [1.29, 1.82) is 0 Å². The first-order chi connectivity index (χ1) is 8.16. The smallest absolute Gasteiger partial charge is 0.312 e. The molecule has 0 saturated heterocycles. The Hall–Kier alpha value is -0.910. The topological polar surface area (TPSA) is 84.2 Å². The molecule has 0 aliphatic carbocycles. The van der Waals surface area contributed by atoms with Crippen molar-refractivity contribution in [3.05, 3.63) is 0 Å². The van der Waals surface area contributed by atoms with Gasteiger partial charge < -0.3 is 16.4 Å². The Labute approximate surface area is 108 Å². The van der Waals surface area contributed by atoms with Crippen LogP contribution in [0.1, 0.15) is 33.6 Å². The molecular formula is C11H25N3O2S. The van der Waals surface area contributed by atoms with E-state index in [9.17, 15) is 9.59 Å². The van der Waals surface area contributed by atoms with Gasteiger partial charge in [-0.05, 0) is 18.6 Å². The van der Waals surface area contributed by atoms with Crippen LogP contribution >= 0.6 is 11.8 Å². The molecule has 0 aliphatic rings. The number of carbonyl (C=O) groups is 2. The molecule has 0 heterocycles. The van der Waals surface area contributed by atoms with Crippen molar-refractivity contribution in [3.8, 4) is 0 Å².